The van der Waals surface area contributed by atoms with E-state index >= 15 is 0 Å². The van der Waals surface area contributed by atoms with Gasteiger partial charge in [-0.2, -0.15) is 13.2 Å². The molecule has 4 heteroatoms. The highest BCUT2D eigenvalue weighted by Gasteiger charge is 2.30. The fourth-order valence-electron chi connectivity index (χ4n) is 0.754. The second-order valence-corrected chi connectivity index (χ2v) is 2.28. The molecule has 1 nitrogen and oxygen atoms in total. The molecule has 0 saturated heterocycles. The highest BCUT2D eigenvalue weighted by Crippen LogP contribution is 2.28. The second kappa shape index (κ2) is 3.13. The second-order valence-electron chi connectivity index (χ2n) is 2.28. The summed E-state index contributed by atoms with van der Waals surface area (Å²) in [6.07, 6.45) is -2.18. The van der Waals surface area contributed by atoms with E-state index in [1.807, 2.05) is 0 Å². The van der Waals surface area contributed by atoms with Gasteiger partial charge in [-0.05, 0) is 25.0 Å². The van der Waals surface area contributed by atoms with Gasteiger partial charge in [-0.25, -0.2) is 0 Å². The van der Waals surface area contributed by atoms with Crippen LogP contribution >= 0.6 is 0 Å². The number of halogens is 3. The Morgan fingerprint density at radius 2 is 2.00 bits per heavy atom. The smallest absolute Gasteiger partial charge is 0.264 e. The lowest BCUT2D eigenvalue weighted by Crippen LogP contribution is -2.05. The predicted octanol–water partition coefficient (Wildman–Crippen LogP) is 2.35. The zero-order chi connectivity index (χ0) is 9.19. The highest BCUT2D eigenvalue weighted by molar-refractivity contribution is 5.20. The topological polar surface area (TPSA) is 12.9 Å². The highest BCUT2D eigenvalue weighted by atomic mass is 19.4. The Labute approximate surface area is 68.2 Å². The molecule has 2 radical (unpaired) electrons. The van der Waals surface area contributed by atoms with Gasteiger partial charge in [0, 0.05) is 12.4 Å². The number of aromatic nitrogens is 1. The van der Waals surface area contributed by atoms with Crippen LogP contribution in [0.4, 0.5) is 13.2 Å². The van der Waals surface area contributed by atoms with E-state index in [0.717, 1.165) is 12.3 Å². The Hall–Kier alpha value is -1.06. The maximum absolute atomic E-state index is 12.0. The summed E-state index contributed by atoms with van der Waals surface area (Å²) in [6.45, 7) is 5.15. The van der Waals surface area contributed by atoms with Gasteiger partial charge in [-0.3, -0.25) is 4.98 Å². The van der Waals surface area contributed by atoms with Crippen LogP contribution in [0.15, 0.2) is 18.5 Å². The van der Waals surface area contributed by atoms with Gasteiger partial charge in [0.2, 0.25) is 0 Å². The molecule has 1 rings (SSSR count). The van der Waals surface area contributed by atoms with Gasteiger partial charge in [-0.1, -0.05) is 0 Å². The first-order valence-corrected chi connectivity index (χ1v) is 3.25. The van der Waals surface area contributed by atoms with E-state index < -0.39 is 11.7 Å². The van der Waals surface area contributed by atoms with Crippen molar-refractivity contribution in [2.75, 3.05) is 0 Å². The summed E-state index contributed by atoms with van der Waals surface area (Å²) in [6, 6.07) is 0.993. The molecule has 0 aromatic carbocycles. The molecule has 64 valence electrons. The van der Waals surface area contributed by atoms with Crippen molar-refractivity contribution < 1.29 is 13.2 Å². The maximum atomic E-state index is 12.0. The molecule has 1 aromatic rings. The molecule has 0 fully saturated rings. The lowest BCUT2D eigenvalue weighted by Gasteiger charge is -2.06. The number of pyridine rings is 1. The minimum atomic E-state index is -4.34. The fraction of sp³-hybridized carbons (Fsp3) is 0.250. The van der Waals surface area contributed by atoms with E-state index in [1.54, 1.807) is 0 Å². The standard InChI is InChI=1S/C8H6F3N/c1-2-6-3-7(5-12-4-6)8(9,10)11/h1,3-5H,2H2. The fourth-order valence-corrected chi connectivity index (χ4v) is 0.754. The number of alkyl halides is 3. The number of hydrogen-bond acceptors (Lipinski definition) is 1. The minimum absolute atomic E-state index is 0.0664. The van der Waals surface area contributed by atoms with Gasteiger partial charge in [0.15, 0.2) is 0 Å². The first-order valence-electron chi connectivity index (χ1n) is 3.25. The molecule has 0 aliphatic carbocycles. The molecule has 0 spiro atoms. The molecule has 0 N–H and O–H groups in total. The SMILES string of the molecule is [CH]Cc1cncc(C(F)(F)F)c1. The van der Waals surface area contributed by atoms with Crippen LogP contribution < -0.4 is 0 Å². The molecule has 0 unspecified atom stereocenters. The number of hydrogen-bond donors (Lipinski definition) is 0. The largest absolute Gasteiger partial charge is 0.417 e. The van der Waals surface area contributed by atoms with E-state index in [2.05, 4.69) is 4.98 Å². The van der Waals surface area contributed by atoms with E-state index in [0.29, 0.717) is 5.56 Å². The quantitative estimate of drug-likeness (QED) is 0.635. The van der Waals surface area contributed by atoms with Crippen LogP contribution in [-0.2, 0) is 12.6 Å². The van der Waals surface area contributed by atoms with Crippen molar-refractivity contribution >= 4 is 0 Å². The first kappa shape index (κ1) is 9.03. The zero-order valence-corrected chi connectivity index (χ0v) is 6.10. The van der Waals surface area contributed by atoms with Crippen molar-refractivity contribution in [1.82, 2.24) is 4.98 Å². The summed E-state index contributed by atoms with van der Waals surface area (Å²) < 4.78 is 36.1. The molecule has 1 aromatic heterocycles. The van der Waals surface area contributed by atoms with Crippen LogP contribution in [0.1, 0.15) is 11.1 Å². The number of rotatable bonds is 1. The van der Waals surface area contributed by atoms with Gasteiger partial charge in [0.25, 0.3) is 0 Å². The van der Waals surface area contributed by atoms with Gasteiger partial charge in [0.1, 0.15) is 0 Å². The lowest BCUT2D eigenvalue weighted by molar-refractivity contribution is -0.137. The third-order valence-electron chi connectivity index (χ3n) is 1.36. The van der Waals surface area contributed by atoms with Crippen molar-refractivity contribution in [3.8, 4) is 0 Å². The molecule has 12 heavy (non-hydrogen) atoms. The van der Waals surface area contributed by atoms with Crippen LogP contribution in [0.3, 0.4) is 0 Å². The van der Waals surface area contributed by atoms with Gasteiger partial charge in [0.05, 0.1) is 5.56 Å². The van der Waals surface area contributed by atoms with Gasteiger partial charge >= 0.3 is 6.18 Å². The Kier molecular flexibility index (Phi) is 2.35. The molecular weight excluding hydrogens is 167 g/mol. The van der Waals surface area contributed by atoms with E-state index in [-0.39, 0.29) is 6.42 Å². The third kappa shape index (κ3) is 1.96. The minimum Gasteiger partial charge on any atom is -0.264 e. The molecule has 0 atom stereocenters. The molecule has 0 aliphatic heterocycles. The molecular formula is C8H6F3N. The van der Waals surface area contributed by atoms with Crippen molar-refractivity contribution in [2.45, 2.75) is 12.6 Å². The molecule has 0 aliphatic rings. The lowest BCUT2D eigenvalue weighted by atomic mass is 10.1. The van der Waals surface area contributed by atoms with Crippen molar-refractivity contribution in [3.05, 3.63) is 36.5 Å². The zero-order valence-electron chi connectivity index (χ0n) is 6.10. The normalized spacial score (nSPS) is 11.7. The van der Waals surface area contributed by atoms with Crippen LogP contribution in [-0.4, -0.2) is 4.98 Å². The summed E-state index contributed by atoms with van der Waals surface area (Å²) in [5.41, 5.74) is -0.379. The van der Waals surface area contributed by atoms with E-state index in [9.17, 15) is 13.2 Å². The monoisotopic (exact) mass is 173 g/mol. The first-order chi connectivity index (χ1) is 5.54. The maximum Gasteiger partial charge on any atom is 0.417 e. The van der Waals surface area contributed by atoms with Crippen LogP contribution in [0, 0.1) is 6.92 Å². The summed E-state index contributed by atoms with van der Waals surface area (Å²) >= 11 is 0. The molecule has 0 bridgehead atoms. The Bertz CT molecular complexity index is 267. The molecule has 0 amide bonds. The van der Waals surface area contributed by atoms with E-state index in [4.69, 9.17) is 6.92 Å². The van der Waals surface area contributed by atoms with E-state index in [1.165, 1.54) is 6.20 Å². The van der Waals surface area contributed by atoms with Crippen molar-refractivity contribution in [2.24, 2.45) is 0 Å². The molecule has 0 saturated carbocycles. The summed E-state index contributed by atoms with van der Waals surface area (Å²) in [5, 5.41) is 0. The van der Waals surface area contributed by atoms with Crippen LogP contribution in [0.5, 0.6) is 0 Å². The summed E-state index contributed by atoms with van der Waals surface area (Å²) in [4.78, 5) is 3.42. The predicted molar refractivity (Wildman–Crippen MR) is 37.2 cm³/mol. The van der Waals surface area contributed by atoms with Crippen LogP contribution in [0.2, 0.25) is 0 Å². The van der Waals surface area contributed by atoms with Crippen molar-refractivity contribution in [3.63, 3.8) is 0 Å². The Balaban J connectivity index is 3.02. The Morgan fingerprint density at radius 3 is 2.50 bits per heavy atom. The van der Waals surface area contributed by atoms with Crippen LogP contribution in [0.25, 0.3) is 0 Å². The average molecular weight is 173 g/mol. The third-order valence-corrected chi connectivity index (χ3v) is 1.36. The van der Waals surface area contributed by atoms with Gasteiger partial charge in [-0.15, -0.1) is 0 Å². The Morgan fingerprint density at radius 1 is 1.33 bits per heavy atom. The molecule has 1 heterocycles. The van der Waals surface area contributed by atoms with Gasteiger partial charge < -0.3 is 0 Å². The van der Waals surface area contributed by atoms with Crippen molar-refractivity contribution in [1.29, 1.82) is 0 Å². The summed E-state index contributed by atoms with van der Waals surface area (Å²) in [5.74, 6) is 0. The number of nitrogens with zero attached hydrogens (tertiary/aromatic N) is 1. The summed E-state index contributed by atoms with van der Waals surface area (Å²) in [7, 11) is 0. The average Bonchev–Trinajstić information content (AvgIpc) is 2.03.